The summed E-state index contributed by atoms with van der Waals surface area (Å²) in [4.78, 5) is 29.2. The average Bonchev–Trinajstić information content (AvgIpc) is 2.90. The predicted molar refractivity (Wildman–Crippen MR) is 101 cm³/mol. The Balaban J connectivity index is 1.44. The Morgan fingerprint density at radius 2 is 1.89 bits per heavy atom. The van der Waals surface area contributed by atoms with Crippen molar-refractivity contribution in [3.8, 4) is 0 Å². The van der Waals surface area contributed by atoms with E-state index in [1.807, 2.05) is 6.07 Å². The number of fused-ring (bicyclic) bond motifs is 3. The Kier molecular flexibility index (Phi) is 4.51. The molecule has 3 heterocycles. The molecule has 9 heteroatoms. The molecule has 4 rings (SSSR count). The maximum absolute atomic E-state index is 12.5. The molecule has 2 aliphatic rings. The smallest absolute Gasteiger partial charge is 0.261 e. The van der Waals surface area contributed by atoms with Gasteiger partial charge in [0.05, 0.1) is 23.5 Å². The summed E-state index contributed by atoms with van der Waals surface area (Å²) in [6, 6.07) is 6.86. The molecule has 1 N–H and O–H groups in total. The lowest BCUT2D eigenvalue weighted by Crippen LogP contribution is -2.52. The van der Waals surface area contributed by atoms with Crippen LogP contribution in [-0.2, 0) is 21.4 Å². The van der Waals surface area contributed by atoms with Crippen LogP contribution in [0.1, 0.15) is 25.7 Å². The highest BCUT2D eigenvalue weighted by molar-refractivity contribution is 7.88. The van der Waals surface area contributed by atoms with Crippen LogP contribution in [-0.4, -0.2) is 52.6 Å². The Bertz CT molecular complexity index is 1030. The van der Waals surface area contributed by atoms with Crippen LogP contribution in [0.3, 0.4) is 0 Å². The summed E-state index contributed by atoms with van der Waals surface area (Å²) in [5.74, 6) is -0.258. The molecule has 1 aromatic carbocycles. The Hall–Kier alpha value is -2.26. The van der Waals surface area contributed by atoms with E-state index in [0.29, 0.717) is 23.7 Å². The van der Waals surface area contributed by atoms with Gasteiger partial charge in [-0.2, -0.15) is 4.31 Å². The van der Waals surface area contributed by atoms with Gasteiger partial charge in [-0.25, -0.2) is 13.4 Å². The monoisotopic (exact) mass is 390 g/mol. The van der Waals surface area contributed by atoms with E-state index < -0.39 is 10.0 Å². The minimum Gasteiger partial charge on any atom is -0.352 e. The van der Waals surface area contributed by atoms with Crippen LogP contribution in [0.5, 0.6) is 0 Å². The van der Waals surface area contributed by atoms with Crippen LogP contribution in [0.2, 0.25) is 0 Å². The predicted octanol–water partition coefficient (Wildman–Crippen LogP) is 0.468. The highest BCUT2D eigenvalue weighted by Crippen LogP contribution is 2.37. The zero-order chi connectivity index (χ0) is 19.2. The molecule has 8 nitrogen and oxygen atoms in total. The Morgan fingerprint density at radius 1 is 1.22 bits per heavy atom. The number of aromatic nitrogens is 2. The van der Waals surface area contributed by atoms with Crippen molar-refractivity contribution in [2.24, 2.45) is 0 Å². The van der Waals surface area contributed by atoms with Gasteiger partial charge in [-0.05, 0) is 37.8 Å². The van der Waals surface area contributed by atoms with E-state index in [-0.39, 0.29) is 36.1 Å². The van der Waals surface area contributed by atoms with Gasteiger partial charge in [0.2, 0.25) is 15.9 Å². The number of hydrogen-bond donors (Lipinski definition) is 1. The van der Waals surface area contributed by atoms with Crippen LogP contribution in [0.25, 0.3) is 10.9 Å². The second kappa shape index (κ2) is 6.72. The van der Waals surface area contributed by atoms with Crippen molar-refractivity contribution in [3.63, 3.8) is 0 Å². The minimum atomic E-state index is -3.22. The molecule has 2 aliphatic heterocycles. The van der Waals surface area contributed by atoms with Crippen molar-refractivity contribution in [1.82, 2.24) is 19.2 Å². The Morgan fingerprint density at radius 3 is 2.56 bits per heavy atom. The van der Waals surface area contributed by atoms with Gasteiger partial charge in [0.25, 0.3) is 5.56 Å². The first-order chi connectivity index (χ1) is 12.8. The molecule has 1 aromatic heterocycles. The Labute approximate surface area is 157 Å². The molecule has 0 spiro atoms. The number of nitrogens with one attached hydrogen (secondary N) is 1. The third-order valence-corrected chi connectivity index (χ3v) is 6.82. The molecule has 2 unspecified atom stereocenters. The highest BCUT2D eigenvalue weighted by atomic mass is 32.2. The number of amides is 1. The maximum atomic E-state index is 12.5. The number of para-hydroxylation sites is 1. The number of nitrogens with zero attached hydrogens (tertiary/aromatic N) is 3. The largest absolute Gasteiger partial charge is 0.352 e. The van der Waals surface area contributed by atoms with Crippen molar-refractivity contribution >= 4 is 26.8 Å². The average molecular weight is 390 g/mol. The van der Waals surface area contributed by atoms with Gasteiger partial charge >= 0.3 is 0 Å². The standard InChI is InChI=1S/C18H22N4O4S/c1-27(25,26)22-13-6-7-14(22)9-12(8-13)20-17(23)10-21-11-19-16-5-3-2-4-15(16)18(21)24/h2-5,11-14H,6-10H2,1H3,(H,20,23). The number of benzene rings is 1. The second-order valence-electron chi connectivity index (χ2n) is 7.41. The number of rotatable bonds is 4. The summed E-state index contributed by atoms with van der Waals surface area (Å²) < 4.78 is 26.8. The zero-order valence-electron chi connectivity index (χ0n) is 15.0. The maximum Gasteiger partial charge on any atom is 0.261 e. The zero-order valence-corrected chi connectivity index (χ0v) is 15.9. The van der Waals surface area contributed by atoms with E-state index in [1.165, 1.54) is 17.2 Å². The van der Waals surface area contributed by atoms with Gasteiger partial charge in [-0.15, -0.1) is 0 Å². The van der Waals surface area contributed by atoms with E-state index in [1.54, 1.807) is 22.5 Å². The molecule has 0 saturated carbocycles. The van der Waals surface area contributed by atoms with Crippen molar-refractivity contribution in [3.05, 3.63) is 40.9 Å². The molecule has 2 atom stereocenters. The van der Waals surface area contributed by atoms with Gasteiger partial charge in [0, 0.05) is 18.1 Å². The SMILES string of the molecule is CS(=O)(=O)N1C2CCC1CC(NC(=O)Cn1cnc3ccccc3c1=O)C2. The molecule has 27 heavy (non-hydrogen) atoms. The number of carbonyl (C=O) groups is 1. The number of sulfonamides is 1. The second-order valence-corrected chi connectivity index (χ2v) is 9.30. The lowest BCUT2D eigenvalue weighted by Gasteiger charge is -2.37. The van der Waals surface area contributed by atoms with E-state index in [4.69, 9.17) is 0 Å². The highest BCUT2D eigenvalue weighted by Gasteiger charge is 2.45. The van der Waals surface area contributed by atoms with Crippen LogP contribution >= 0.6 is 0 Å². The summed E-state index contributed by atoms with van der Waals surface area (Å²) in [6.45, 7) is -0.0989. The van der Waals surface area contributed by atoms with Gasteiger partial charge in [-0.3, -0.25) is 14.2 Å². The fourth-order valence-corrected chi connectivity index (χ4v) is 5.91. The lowest BCUT2D eigenvalue weighted by atomic mass is 10.00. The van der Waals surface area contributed by atoms with Gasteiger partial charge in [-0.1, -0.05) is 12.1 Å². The number of carbonyl (C=O) groups excluding carboxylic acids is 1. The molecule has 2 fully saturated rings. The normalized spacial score (nSPS) is 25.6. The molecular weight excluding hydrogens is 368 g/mol. The van der Waals surface area contributed by atoms with Crippen LogP contribution in [0.4, 0.5) is 0 Å². The van der Waals surface area contributed by atoms with Crippen LogP contribution < -0.4 is 10.9 Å². The summed E-state index contributed by atoms with van der Waals surface area (Å²) in [6.07, 6.45) is 5.52. The summed E-state index contributed by atoms with van der Waals surface area (Å²) >= 11 is 0. The molecule has 0 aliphatic carbocycles. The summed E-state index contributed by atoms with van der Waals surface area (Å²) in [5.41, 5.74) is 0.353. The third-order valence-electron chi connectivity index (χ3n) is 5.46. The lowest BCUT2D eigenvalue weighted by molar-refractivity contribution is -0.122. The fourth-order valence-electron chi connectivity index (χ4n) is 4.44. The van der Waals surface area contributed by atoms with Crippen molar-refractivity contribution in [1.29, 1.82) is 0 Å². The third kappa shape index (κ3) is 3.49. The van der Waals surface area contributed by atoms with Crippen LogP contribution in [0.15, 0.2) is 35.4 Å². The van der Waals surface area contributed by atoms with Gasteiger partial charge in [0.1, 0.15) is 6.54 Å². The minimum absolute atomic E-state index is 0.0471. The molecule has 2 bridgehead atoms. The summed E-state index contributed by atoms with van der Waals surface area (Å²) in [5, 5.41) is 3.45. The first-order valence-electron chi connectivity index (χ1n) is 9.05. The van der Waals surface area contributed by atoms with E-state index in [0.717, 1.165) is 12.8 Å². The van der Waals surface area contributed by atoms with Gasteiger partial charge in [0.15, 0.2) is 0 Å². The van der Waals surface area contributed by atoms with Gasteiger partial charge < -0.3 is 5.32 Å². The molecule has 1 amide bonds. The molecule has 2 aromatic rings. The quantitative estimate of drug-likeness (QED) is 0.818. The first-order valence-corrected chi connectivity index (χ1v) is 10.9. The summed E-state index contributed by atoms with van der Waals surface area (Å²) in [7, 11) is -3.22. The van der Waals surface area contributed by atoms with Crippen molar-refractivity contribution < 1.29 is 13.2 Å². The molecule has 0 radical (unpaired) electrons. The van der Waals surface area contributed by atoms with Crippen molar-refractivity contribution in [2.45, 2.75) is 50.4 Å². The fraction of sp³-hybridized carbons (Fsp3) is 0.500. The van der Waals surface area contributed by atoms with Crippen molar-refractivity contribution in [2.75, 3.05) is 6.26 Å². The molecular formula is C18H22N4O4S. The first kappa shape index (κ1) is 18.1. The molecule has 144 valence electrons. The van der Waals surface area contributed by atoms with E-state index in [2.05, 4.69) is 10.3 Å². The number of hydrogen-bond acceptors (Lipinski definition) is 5. The van der Waals surface area contributed by atoms with Crippen LogP contribution in [0, 0.1) is 0 Å². The van der Waals surface area contributed by atoms with E-state index >= 15 is 0 Å². The van der Waals surface area contributed by atoms with E-state index in [9.17, 15) is 18.0 Å². The number of piperidine rings is 1. The topological polar surface area (TPSA) is 101 Å². The molecule has 2 saturated heterocycles.